The molecule has 0 aromatic heterocycles. The van der Waals surface area contributed by atoms with E-state index >= 15 is 0 Å². The second-order valence-electron chi connectivity index (χ2n) is 8.38. The molecule has 0 aromatic carbocycles. The number of rotatable bonds is 3. The zero-order valence-electron chi connectivity index (χ0n) is 14.2. The van der Waals surface area contributed by atoms with Crippen LogP contribution in [0.1, 0.15) is 53.4 Å². The van der Waals surface area contributed by atoms with E-state index in [4.69, 9.17) is 0 Å². The average Bonchev–Trinajstić information content (AvgIpc) is 2.37. The standard InChI is InChI=1S/C17H32N2O2/c1-14-6-10-18(11-7-14)13-17(21)8-5-9-19(15(17)20)12-16(2,3)4/h14,21H,5-13H2,1-4H3/t17-/m0/s1. The Kier molecular flexibility index (Phi) is 4.99. The number of amides is 1. The molecule has 4 nitrogen and oxygen atoms in total. The average molecular weight is 296 g/mol. The molecule has 0 unspecified atom stereocenters. The van der Waals surface area contributed by atoms with E-state index in [1.807, 2.05) is 4.90 Å². The highest BCUT2D eigenvalue weighted by molar-refractivity contribution is 5.86. The van der Waals surface area contributed by atoms with Gasteiger partial charge in [0.1, 0.15) is 0 Å². The maximum Gasteiger partial charge on any atom is 0.255 e. The van der Waals surface area contributed by atoms with E-state index in [1.54, 1.807) is 0 Å². The Morgan fingerprint density at radius 2 is 1.86 bits per heavy atom. The molecule has 0 bridgehead atoms. The van der Waals surface area contributed by atoms with Crippen LogP contribution in [0.5, 0.6) is 0 Å². The second kappa shape index (κ2) is 6.25. The monoisotopic (exact) mass is 296 g/mol. The first-order valence-electron chi connectivity index (χ1n) is 8.44. The zero-order valence-corrected chi connectivity index (χ0v) is 14.2. The molecular formula is C17H32N2O2. The Bertz CT molecular complexity index is 369. The molecule has 2 heterocycles. The molecule has 1 atom stereocenters. The zero-order chi connectivity index (χ0) is 15.7. The molecular weight excluding hydrogens is 264 g/mol. The molecule has 2 saturated heterocycles. The molecule has 0 saturated carbocycles. The minimum atomic E-state index is -1.16. The van der Waals surface area contributed by atoms with E-state index in [0.29, 0.717) is 13.0 Å². The number of β-amino-alcohol motifs (C(OH)–C–C–N with tert-alkyl or cyclic N) is 1. The smallest absolute Gasteiger partial charge is 0.255 e. The first-order chi connectivity index (χ1) is 9.70. The third-order valence-corrected chi connectivity index (χ3v) is 4.73. The van der Waals surface area contributed by atoms with Crippen molar-refractivity contribution in [2.75, 3.05) is 32.7 Å². The van der Waals surface area contributed by atoms with Crippen LogP contribution >= 0.6 is 0 Å². The summed E-state index contributed by atoms with van der Waals surface area (Å²) < 4.78 is 0. The van der Waals surface area contributed by atoms with Crippen LogP contribution in [0.15, 0.2) is 0 Å². The van der Waals surface area contributed by atoms with Crippen LogP contribution < -0.4 is 0 Å². The summed E-state index contributed by atoms with van der Waals surface area (Å²) >= 11 is 0. The van der Waals surface area contributed by atoms with Gasteiger partial charge in [-0.25, -0.2) is 0 Å². The fourth-order valence-electron chi connectivity index (χ4n) is 3.53. The summed E-state index contributed by atoms with van der Waals surface area (Å²) in [6.07, 6.45) is 3.87. The van der Waals surface area contributed by atoms with Crippen LogP contribution in [-0.4, -0.2) is 59.1 Å². The van der Waals surface area contributed by atoms with Crippen molar-refractivity contribution in [1.29, 1.82) is 0 Å². The first kappa shape index (κ1) is 16.8. The predicted molar refractivity (Wildman–Crippen MR) is 85.1 cm³/mol. The molecule has 0 spiro atoms. The van der Waals surface area contributed by atoms with Crippen molar-refractivity contribution in [1.82, 2.24) is 9.80 Å². The molecule has 4 heteroatoms. The van der Waals surface area contributed by atoms with Gasteiger partial charge in [-0.3, -0.25) is 9.69 Å². The van der Waals surface area contributed by atoms with E-state index in [-0.39, 0.29) is 11.3 Å². The van der Waals surface area contributed by atoms with Gasteiger partial charge in [-0.1, -0.05) is 27.7 Å². The lowest BCUT2D eigenvalue weighted by Crippen LogP contribution is -2.60. The maximum absolute atomic E-state index is 12.7. The summed E-state index contributed by atoms with van der Waals surface area (Å²) in [4.78, 5) is 16.9. The summed E-state index contributed by atoms with van der Waals surface area (Å²) in [5, 5.41) is 10.9. The van der Waals surface area contributed by atoms with Gasteiger partial charge in [0.15, 0.2) is 5.60 Å². The maximum atomic E-state index is 12.7. The molecule has 0 aliphatic carbocycles. The van der Waals surface area contributed by atoms with Crippen LogP contribution in [0.3, 0.4) is 0 Å². The Hall–Kier alpha value is -0.610. The van der Waals surface area contributed by atoms with Gasteiger partial charge in [0, 0.05) is 19.6 Å². The number of carbonyl (C=O) groups is 1. The number of aliphatic hydroxyl groups is 1. The molecule has 2 aliphatic rings. The Balaban J connectivity index is 1.98. The van der Waals surface area contributed by atoms with Crippen molar-refractivity contribution in [2.24, 2.45) is 11.3 Å². The van der Waals surface area contributed by atoms with Gasteiger partial charge in [0.2, 0.25) is 0 Å². The van der Waals surface area contributed by atoms with E-state index in [2.05, 4.69) is 32.6 Å². The minimum absolute atomic E-state index is 0.0534. The molecule has 2 rings (SSSR count). The van der Waals surface area contributed by atoms with Crippen LogP contribution in [0.4, 0.5) is 0 Å². The normalized spacial score (nSPS) is 30.0. The summed E-state index contributed by atoms with van der Waals surface area (Å²) in [5.74, 6) is 0.720. The second-order valence-corrected chi connectivity index (χ2v) is 8.38. The number of hydrogen-bond acceptors (Lipinski definition) is 3. The fraction of sp³-hybridized carbons (Fsp3) is 0.941. The van der Waals surface area contributed by atoms with Crippen molar-refractivity contribution in [3.05, 3.63) is 0 Å². The highest BCUT2D eigenvalue weighted by Gasteiger charge is 2.44. The van der Waals surface area contributed by atoms with Crippen molar-refractivity contribution in [3.8, 4) is 0 Å². The van der Waals surface area contributed by atoms with Gasteiger partial charge in [0.25, 0.3) is 5.91 Å². The molecule has 2 fully saturated rings. The highest BCUT2D eigenvalue weighted by Crippen LogP contribution is 2.28. The van der Waals surface area contributed by atoms with Gasteiger partial charge in [-0.05, 0) is 50.1 Å². The summed E-state index contributed by atoms with van der Waals surface area (Å²) in [6, 6.07) is 0. The molecule has 122 valence electrons. The van der Waals surface area contributed by atoms with Crippen molar-refractivity contribution in [3.63, 3.8) is 0 Å². The van der Waals surface area contributed by atoms with Gasteiger partial charge in [-0.15, -0.1) is 0 Å². The largest absolute Gasteiger partial charge is 0.379 e. The lowest BCUT2D eigenvalue weighted by Gasteiger charge is -2.43. The van der Waals surface area contributed by atoms with E-state index in [9.17, 15) is 9.90 Å². The molecule has 1 amide bonds. The van der Waals surface area contributed by atoms with Crippen LogP contribution in [0, 0.1) is 11.3 Å². The van der Waals surface area contributed by atoms with Crippen molar-refractivity contribution in [2.45, 2.75) is 59.0 Å². The fourth-order valence-corrected chi connectivity index (χ4v) is 3.53. The van der Waals surface area contributed by atoms with Gasteiger partial charge in [-0.2, -0.15) is 0 Å². The lowest BCUT2D eigenvalue weighted by molar-refractivity contribution is -0.161. The first-order valence-corrected chi connectivity index (χ1v) is 8.44. The van der Waals surface area contributed by atoms with Crippen LogP contribution in [-0.2, 0) is 4.79 Å². The third kappa shape index (κ3) is 4.43. The third-order valence-electron chi connectivity index (χ3n) is 4.73. The topological polar surface area (TPSA) is 43.8 Å². The number of piperidine rings is 2. The summed E-state index contributed by atoms with van der Waals surface area (Å²) in [6.45, 7) is 12.7. The van der Waals surface area contributed by atoms with E-state index < -0.39 is 5.60 Å². The Morgan fingerprint density at radius 1 is 1.24 bits per heavy atom. The van der Waals surface area contributed by atoms with Crippen LogP contribution in [0.25, 0.3) is 0 Å². The minimum Gasteiger partial charge on any atom is -0.379 e. The molecule has 1 N–H and O–H groups in total. The predicted octanol–water partition coefficient (Wildman–Crippen LogP) is 2.12. The Morgan fingerprint density at radius 3 is 2.43 bits per heavy atom. The molecule has 0 aromatic rings. The molecule has 21 heavy (non-hydrogen) atoms. The lowest BCUT2D eigenvalue weighted by atomic mass is 9.87. The number of hydrogen-bond donors (Lipinski definition) is 1. The molecule has 0 radical (unpaired) electrons. The van der Waals surface area contributed by atoms with Gasteiger partial charge >= 0.3 is 0 Å². The quantitative estimate of drug-likeness (QED) is 0.867. The number of likely N-dealkylation sites (tertiary alicyclic amines) is 2. The van der Waals surface area contributed by atoms with Crippen molar-refractivity contribution < 1.29 is 9.90 Å². The summed E-state index contributed by atoms with van der Waals surface area (Å²) in [5.41, 5.74) is -1.08. The number of nitrogens with zero attached hydrogens (tertiary/aromatic N) is 2. The van der Waals surface area contributed by atoms with Crippen molar-refractivity contribution >= 4 is 5.91 Å². The van der Waals surface area contributed by atoms with E-state index in [1.165, 1.54) is 12.8 Å². The van der Waals surface area contributed by atoms with E-state index in [0.717, 1.165) is 38.5 Å². The van der Waals surface area contributed by atoms with Gasteiger partial charge in [0.05, 0.1) is 0 Å². The molecule has 2 aliphatic heterocycles. The SMILES string of the molecule is CC1CCN(C[C@@]2(O)CCCN(CC(C)(C)C)C2=O)CC1. The summed E-state index contributed by atoms with van der Waals surface area (Å²) in [7, 11) is 0. The Labute approximate surface area is 129 Å². The highest BCUT2D eigenvalue weighted by atomic mass is 16.3. The van der Waals surface area contributed by atoms with Gasteiger partial charge < -0.3 is 10.0 Å². The van der Waals surface area contributed by atoms with Crippen LogP contribution in [0.2, 0.25) is 0 Å². The number of carbonyl (C=O) groups excluding carboxylic acids is 1.